The number of carbonyl (C=O) groups is 2. The van der Waals surface area contributed by atoms with Crippen LogP contribution in [0.15, 0.2) is 54.6 Å². The third-order valence-corrected chi connectivity index (χ3v) is 3.39. The minimum atomic E-state index is -0.388. The molecule has 1 amide bonds. The molecule has 0 unspecified atom stereocenters. The highest BCUT2D eigenvalue weighted by Gasteiger charge is 2.09. The van der Waals surface area contributed by atoms with Crippen LogP contribution in [0.25, 0.3) is 6.08 Å². The molecule has 0 radical (unpaired) electrons. The van der Waals surface area contributed by atoms with E-state index in [-0.39, 0.29) is 18.0 Å². The lowest BCUT2D eigenvalue weighted by atomic mass is 10.2. The van der Waals surface area contributed by atoms with E-state index >= 15 is 0 Å². The predicted octanol–water partition coefficient (Wildman–Crippen LogP) is 4.56. The van der Waals surface area contributed by atoms with Gasteiger partial charge in [-0.25, -0.2) is 4.79 Å². The summed E-state index contributed by atoms with van der Waals surface area (Å²) in [5.41, 5.74) is 1.79. The summed E-state index contributed by atoms with van der Waals surface area (Å²) < 4.78 is 5.11. The van der Waals surface area contributed by atoms with E-state index in [0.717, 1.165) is 5.56 Å². The summed E-state index contributed by atoms with van der Waals surface area (Å²) in [6.07, 6.45) is 2.88. The molecule has 24 heavy (non-hydrogen) atoms. The first kappa shape index (κ1) is 17.8. The van der Waals surface area contributed by atoms with Gasteiger partial charge in [-0.1, -0.05) is 29.8 Å². The Morgan fingerprint density at radius 2 is 1.75 bits per heavy atom. The van der Waals surface area contributed by atoms with Crippen molar-refractivity contribution in [3.05, 3.63) is 70.8 Å². The summed E-state index contributed by atoms with van der Waals surface area (Å²) in [6.45, 7) is 3.58. The number of nitrogens with one attached hydrogen (secondary N) is 1. The standard InChI is InChI=1S/C19H18ClNO3/c1-13(2)24-19(23)15-7-10-16(11-8-15)21-18(22)12-9-14-5-3-4-6-17(14)20/h3-13H,1-2H3,(H,21,22). The lowest BCUT2D eigenvalue weighted by Crippen LogP contribution is -2.12. The van der Waals surface area contributed by atoms with E-state index in [0.29, 0.717) is 16.3 Å². The first-order valence-electron chi connectivity index (χ1n) is 7.50. The van der Waals surface area contributed by atoms with E-state index in [1.165, 1.54) is 6.08 Å². The van der Waals surface area contributed by atoms with Crippen LogP contribution in [-0.2, 0) is 9.53 Å². The van der Waals surface area contributed by atoms with Crippen molar-refractivity contribution >= 4 is 35.2 Å². The van der Waals surface area contributed by atoms with Crippen LogP contribution in [0.1, 0.15) is 29.8 Å². The van der Waals surface area contributed by atoms with Crippen LogP contribution in [0.2, 0.25) is 5.02 Å². The first-order valence-corrected chi connectivity index (χ1v) is 7.88. The van der Waals surface area contributed by atoms with Crippen LogP contribution in [0.5, 0.6) is 0 Å². The molecule has 0 aliphatic rings. The van der Waals surface area contributed by atoms with Crippen LogP contribution in [0.4, 0.5) is 5.69 Å². The summed E-state index contributed by atoms with van der Waals surface area (Å²) in [7, 11) is 0. The first-order chi connectivity index (χ1) is 11.5. The predicted molar refractivity (Wildman–Crippen MR) is 96.1 cm³/mol. The van der Waals surface area contributed by atoms with Gasteiger partial charge in [-0.05, 0) is 55.8 Å². The second-order valence-electron chi connectivity index (χ2n) is 5.38. The van der Waals surface area contributed by atoms with Gasteiger partial charge in [0.25, 0.3) is 0 Å². The van der Waals surface area contributed by atoms with Gasteiger partial charge in [0.05, 0.1) is 11.7 Å². The maximum Gasteiger partial charge on any atom is 0.338 e. The second kappa shape index (κ2) is 8.31. The van der Waals surface area contributed by atoms with E-state index in [9.17, 15) is 9.59 Å². The molecule has 0 aliphatic carbocycles. The van der Waals surface area contributed by atoms with Gasteiger partial charge in [-0.2, -0.15) is 0 Å². The molecule has 124 valence electrons. The third-order valence-electron chi connectivity index (χ3n) is 3.05. The zero-order chi connectivity index (χ0) is 17.5. The number of carbonyl (C=O) groups excluding carboxylic acids is 2. The highest BCUT2D eigenvalue weighted by molar-refractivity contribution is 6.32. The molecule has 0 saturated heterocycles. The Hall–Kier alpha value is -2.59. The molecule has 0 saturated carbocycles. The highest BCUT2D eigenvalue weighted by Crippen LogP contribution is 2.16. The van der Waals surface area contributed by atoms with Gasteiger partial charge in [0.1, 0.15) is 0 Å². The number of benzene rings is 2. The van der Waals surface area contributed by atoms with Crippen molar-refractivity contribution in [2.24, 2.45) is 0 Å². The average molecular weight is 344 g/mol. The molecule has 2 aromatic rings. The van der Waals surface area contributed by atoms with E-state index < -0.39 is 0 Å². The monoisotopic (exact) mass is 343 g/mol. The van der Waals surface area contributed by atoms with Crippen molar-refractivity contribution in [3.63, 3.8) is 0 Å². The van der Waals surface area contributed by atoms with Gasteiger partial charge in [0.15, 0.2) is 0 Å². The van der Waals surface area contributed by atoms with Crippen molar-refractivity contribution < 1.29 is 14.3 Å². The van der Waals surface area contributed by atoms with Crippen molar-refractivity contribution in [2.75, 3.05) is 5.32 Å². The Morgan fingerprint density at radius 1 is 1.08 bits per heavy atom. The maximum atomic E-state index is 11.9. The third kappa shape index (κ3) is 5.25. The summed E-state index contributed by atoms with van der Waals surface area (Å²) in [6, 6.07) is 13.8. The van der Waals surface area contributed by atoms with Crippen molar-refractivity contribution in [2.45, 2.75) is 20.0 Å². The normalized spacial score (nSPS) is 10.8. The van der Waals surface area contributed by atoms with Crippen molar-refractivity contribution in [1.82, 2.24) is 0 Å². The molecular formula is C19H18ClNO3. The SMILES string of the molecule is CC(C)OC(=O)c1ccc(NC(=O)C=Cc2ccccc2Cl)cc1. The summed E-state index contributed by atoms with van der Waals surface area (Å²) >= 11 is 6.02. The largest absolute Gasteiger partial charge is 0.459 e. The maximum absolute atomic E-state index is 11.9. The molecule has 0 spiro atoms. The molecule has 0 heterocycles. The van der Waals surface area contributed by atoms with Crippen molar-refractivity contribution in [3.8, 4) is 0 Å². The van der Waals surface area contributed by atoms with Gasteiger partial charge in [-0.15, -0.1) is 0 Å². The Balaban J connectivity index is 1.97. The molecule has 0 atom stereocenters. The Morgan fingerprint density at radius 3 is 2.38 bits per heavy atom. The zero-order valence-corrected chi connectivity index (χ0v) is 14.2. The Bertz CT molecular complexity index is 751. The minimum absolute atomic E-state index is 0.174. The minimum Gasteiger partial charge on any atom is -0.459 e. The Labute approximate surface area is 146 Å². The Kier molecular flexibility index (Phi) is 6.15. The molecule has 2 rings (SSSR count). The van der Waals surface area contributed by atoms with E-state index in [2.05, 4.69) is 5.32 Å². The topological polar surface area (TPSA) is 55.4 Å². The smallest absolute Gasteiger partial charge is 0.338 e. The van der Waals surface area contributed by atoms with E-state index in [4.69, 9.17) is 16.3 Å². The molecular weight excluding hydrogens is 326 g/mol. The van der Waals surface area contributed by atoms with Crippen LogP contribution >= 0.6 is 11.6 Å². The number of rotatable bonds is 5. The second-order valence-corrected chi connectivity index (χ2v) is 5.78. The molecule has 0 aliphatic heterocycles. The average Bonchev–Trinajstić information content (AvgIpc) is 2.54. The van der Waals surface area contributed by atoms with Gasteiger partial charge in [0.2, 0.25) is 5.91 Å². The fraction of sp³-hybridized carbons (Fsp3) is 0.158. The molecule has 0 aromatic heterocycles. The number of amides is 1. The fourth-order valence-corrected chi connectivity index (χ4v) is 2.13. The van der Waals surface area contributed by atoms with Crippen LogP contribution in [-0.4, -0.2) is 18.0 Å². The quantitative estimate of drug-likeness (QED) is 0.639. The van der Waals surface area contributed by atoms with Gasteiger partial charge >= 0.3 is 5.97 Å². The van der Waals surface area contributed by atoms with Gasteiger partial charge in [0, 0.05) is 16.8 Å². The lowest BCUT2D eigenvalue weighted by Gasteiger charge is -2.08. The van der Waals surface area contributed by atoms with Crippen LogP contribution in [0.3, 0.4) is 0 Å². The number of hydrogen-bond acceptors (Lipinski definition) is 3. The highest BCUT2D eigenvalue weighted by atomic mass is 35.5. The molecule has 4 nitrogen and oxygen atoms in total. The van der Waals surface area contributed by atoms with E-state index in [1.54, 1.807) is 50.3 Å². The molecule has 1 N–H and O–H groups in total. The van der Waals surface area contributed by atoms with Gasteiger partial charge in [-0.3, -0.25) is 4.79 Å². The summed E-state index contributed by atoms with van der Waals surface area (Å²) in [5.74, 6) is -0.672. The number of esters is 1. The number of ether oxygens (including phenoxy) is 1. The molecule has 0 bridgehead atoms. The van der Waals surface area contributed by atoms with Crippen molar-refractivity contribution in [1.29, 1.82) is 0 Å². The molecule has 0 fully saturated rings. The van der Waals surface area contributed by atoms with Gasteiger partial charge < -0.3 is 10.1 Å². The number of halogens is 1. The number of hydrogen-bond donors (Lipinski definition) is 1. The molecule has 5 heteroatoms. The van der Waals surface area contributed by atoms with Crippen LogP contribution in [0, 0.1) is 0 Å². The summed E-state index contributed by atoms with van der Waals surface area (Å²) in [5, 5.41) is 3.30. The fourth-order valence-electron chi connectivity index (χ4n) is 1.93. The summed E-state index contributed by atoms with van der Waals surface area (Å²) in [4.78, 5) is 23.7. The lowest BCUT2D eigenvalue weighted by molar-refractivity contribution is -0.111. The van der Waals surface area contributed by atoms with Crippen LogP contribution < -0.4 is 5.32 Å². The zero-order valence-electron chi connectivity index (χ0n) is 13.5. The molecule has 2 aromatic carbocycles. The number of anilines is 1. The van der Waals surface area contributed by atoms with E-state index in [1.807, 2.05) is 18.2 Å².